The van der Waals surface area contributed by atoms with Crippen molar-refractivity contribution in [1.29, 1.82) is 0 Å². The molecule has 2 atom stereocenters. The molecule has 3 rings (SSSR count). The molecule has 1 fully saturated rings. The smallest absolute Gasteiger partial charge is 0.268 e. The Bertz CT molecular complexity index is 1210. The molecule has 1 aliphatic heterocycles. The van der Waals surface area contributed by atoms with E-state index in [1.165, 1.54) is 0 Å². The molecule has 9 nitrogen and oxygen atoms in total. The van der Waals surface area contributed by atoms with Crippen molar-refractivity contribution in [2.24, 2.45) is 5.92 Å². The summed E-state index contributed by atoms with van der Waals surface area (Å²) in [7, 11) is -3.94. The van der Waals surface area contributed by atoms with Crippen LogP contribution in [0.25, 0.3) is 6.08 Å². The van der Waals surface area contributed by atoms with Crippen LogP contribution < -0.4 is 5.48 Å². The lowest BCUT2D eigenvalue weighted by Gasteiger charge is -2.38. The standard InChI is InChI=1S/C31H43N3O6S/c1-25(2)20-21-29(35)34(33(41(3,37)38)23-22-27-15-8-5-9-16-27)28(18-12-17-26-13-6-4-7-14-26)31(36)32-40-30-19-10-11-24-39-30/h4-9,12-17,25,28,30H,10-11,18-24H2,1-3H3,(H,32,36)/t28?,30-/m0/s1. The Hall–Kier alpha value is -3.05. The number of hydrogen-bond donors (Lipinski definition) is 1. The molecule has 1 aliphatic rings. The molecule has 0 aromatic heterocycles. The van der Waals surface area contributed by atoms with Gasteiger partial charge in [-0.05, 0) is 49.1 Å². The summed E-state index contributed by atoms with van der Waals surface area (Å²) in [4.78, 5) is 33.0. The predicted octanol–water partition coefficient (Wildman–Crippen LogP) is 4.72. The molecule has 41 heavy (non-hydrogen) atoms. The van der Waals surface area contributed by atoms with Gasteiger partial charge in [0.05, 0.1) is 6.26 Å². The fourth-order valence-corrected chi connectivity index (χ4v) is 5.44. The fraction of sp³-hybridized carbons (Fsp3) is 0.484. The molecule has 224 valence electrons. The highest BCUT2D eigenvalue weighted by molar-refractivity contribution is 7.88. The van der Waals surface area contributed by atoms with Gasteiger partial charge >= 0.3 is 0 Å². The number of hydrazine groups is 1. The molecule has 1 unspecified atom stereocenters. The number of benzene rings is 2. The molecule has 0 bridgehead atoms. The second-order valence-corrected chi connectivity index (χ2v) is 12.5. The molecule has 0 radical (unpaired) electrons. The van der Waals surface area contributed by atoms with Crippen LogP contribution in [0.5, 0.6) is 0 Å². The van der Waals surface area contributed by atoms with Crippen molar-refractivity contribution < 1.29 is 27.6 Å². The summed E-state index contributed by atoms with van der Waals surface area (Å²) in [6.45, 7) is 4.51. The van der Waals surface area contributed by atoms with Crippen LogP contribution in [0.4, 0.5) is 0 Å². The number of rotatable bonds is 15. The Morgan fingerprint density at radius 1 is 1.07 bits per heavy atom. The number of ether oxygens (including phenoxy) is 1. The van der Waals surface area contributed by atoms with E-state index >= 15 is 0 Å². The lowest BCUT2D eigenvalue weighted by molar-refractivity contribution is -0.204. The first-order chi connectivity index (χ1) is 19.6. The van der Waals surface area contributed by atoms with Crippen molar-refractivity contribution in [1.82, 2.24) is 14.9 Å². The Balaban J connectivity index is 1.94. The van der Waals surface area contributed by atoms with Crippen molar-refractivity contribution in [2.45, 2.75) is 71.1 Å². The SMILES string of the molecule is CC(C)CCC(=O)N(C(CC=Cc1ccccc1)C(=O)NO[C@H]1CCCCO1)N(CCc1ccccc1)S(C)(=O)=O. The second-order valence-electron chi connectivity index (χ2n) is 10.7. The van der Waals surface area contributed by atoms with Crippen LogP contribution >= 0.6 is 0 Å². The van der Waals surface area contributed by atoms with Crippen LogP contribution in [0, 0.1) is 5.92 Å². The van der Waals surface area contributed by atoms with E-state index < -0.39 is 34.2 Å². The second kappa shape index (κ2) is 16.4. The van der Waals surface area contributed by atoms with Crippen molar-refractivity contribution in [3.63, 3.8) is 0 Å². The fourth-order valence-electron chi connectivity index (χ4n) is 4.49. The van der Waals surface area contributed by atoms with E-state index in [1.807, 2.05) is 80.6 Å². The normalized spacial score (nSPS) is 16.7. The van der Waals surface area contributed by atoms with E-state index in [9.17, 15) is 18.0 Å². The van der Waals surface area contributed by atoms with Crippen molar-refractivity contribution in [3.05, 3.63) is 77.9 Å². The molecule has 1 saturated heterocycles. The zero-order valence-electron chi connectivity index (χ0n) is 24.3. The summed E-state index contributed by atoms with van der Waals surface area (Å²) in [6.07, 6.45) is 7.61. The molecule has 2 amide bonds. The van der Waals surface area contributed by atoms with Crippen LogP contribution in [0.1, 0.15) is 63.5 Å². The summed E-state index contributed by atoms with van der Waals surface area (Å²) in [5.41, 5.74) is 4.30. The lowest BCUT2D eigenvalue weighted by atomic mass is 10.1. The molecular weight excluding hydrogens is 542 g/mol. The first-order valence-electron chi connectivity index (χ1n) is 14.3. The summed E-state index contributed by atoms with van der Waals surface area (Å²) in [6, 6.07) is 17.8. The largest absolute Gasteiger partial charge is 0.350 e. The van der Waals surface area contributed by atoms with Crippen LogP contribution in [0.2, 0.25) is 0 Å². The summed E-state index contributed by atoms with van der Waals surface area (Å²) in [5, 5.41) is 1.12. The third kappa shape index (κ3) is 11.0. The number of hydroxylamine groups is 1. The molecule has 10 heteroatoms. The van der Waals surface area contributed by atoms with E-state index in [-0.39, 0.29) is 25.3 Å². The Kier molecular flexibility index (Phi) is 13.0. The number of nitrogens with zero attached hydrogens (tertiary/aromatic N) is 2. The van der Waals surface area contributed by atoms with E-state index in [4.69, 9.17) is 9.57 Å². The maximum Gasteiger partial charge on any atom is 0.268 e. The Morgan fingerprint density at radius 2 is 1.76 bits per heavy atom. The minimum Gasteiger partial charge on any atom is -0.350 e. The average molecular weight is 586 g/mol. The lowest BCUT2D eigenvalue weighted by Crippen LogP contribution is -2.59. The van der Waals surface area contributed by atoms with Gasteiger partial charge in [-0.1, -0.05) is 86.7 Å². The number of amides is 2. The first-order valence-corrected chi connectivity index (χ1v) is 16.1. The van der Waals surface area contributed by atoms with Gasteiger partial charge in [0.1, 0.15) is 6.04 Å². The van der Waals surface area contributed by atoms with Gasteiger partial charge in [-0.25, -0.2) is 23.7 Å². The topological polar surface area (TPSA) is 105 Å². The zero-order chi connectivity index (χ0) is 29.7. The van der Waals surface area contributed by atoms with E-state index in [0.29, 0.717) is 25.9 Å². The zero-order valence-corrected chi connectivity index (χ0v) is 25.1. The summed E-state index contributed by atoms with van der Waals surface area (Å²) >= 11 is 0. The van der Waals surface area contributed by atoms with Crippen LogP contribution in [0.3, 0.4) is 0 Å². The van der Waals surface area contributed by atoms with Gasteiger partial charge in [0.2, 0.25) is 15.9 Å². The third-order valence-corrected chi connectivity index (χ3v) is 7.87. The molecule has 2 aromatic rings. The molecule has 0 saturated carbocycles. The molecule has 1 N–H and O–H groups in total. The van der Waals surface area contributed by atoms with Gasteiger partial charge in [0.25, 0.3) is 5.91 Å². The quantitative estimate of drug-likeness (QED) is 0.304. The number of nitrogens with one attached hydrogen (secondary N) is 1. The average Bonchev–Trinajstić information content (AvgIpc) is 2.96. The highest BCUT2D eigenvalue weighted by Crippen LogP contribution is 2.20. The molecule has 2 aromatic carbocycles. The van der Waals surface area contributed by atoms with E-state index in [2.05, 4.69) is 5.48 Å². The van der Waals surface area contributed by atoms with Gasteiger partial charge in [-0.3, -0.25) is 9.59 Å². The van der Waals surface area contributed by atoms with E-state index in [0.717, 1.165) is 39.6 Å². The molecular formula is C31H43N3O6S. The van der Waals surface area contributed by atoms with Crippen LogP contribution in [-0.4, -0.2) is 61.4 Å². The minimum atomic E-state index is -3.94. The number of carbonyl (C=O) groups excluding carboxylic acids is 2. The monoisotopic (exact) mass is 585 g/mol. The summed E-state index contributed by atoms with van der Waals surface area (Å²) in [5.74, 6) is -0.851. The van der Waals surface area contributed by atoms with Crippen LogP contribution in [0.15, 0.2) is 66.7 Å². The Labute approximate surface area is 244 Å². The van der Waals surface area contributed by atoms with Gasteiger partial charge < -0.3 is 4.74 Å². The van der Waals surface area contributed by atoms with E-state index in [1.54, 1.807) is 6.08 Å². The van der Waals surface area contributed by atoms with Gasteiger partial charge in [-0.2, -0.15) is 0 Å². The number of sulfonamides is 1. The maximum absolute atomic E-state index is 13.8. The molecule has 0 aliphatic carbocycles. The first kappa shape index (κ1) is 32.5. The van der Waals surface area contributed by atoms with Crippen molar-refractivity contribution in [3.8, 4) is 0 Å². The van der Waals surface area contributed by atoms with Crippen molar-refractivity contribution in [2.75, 3.05) is 19.4 Å². The Morgan fingerprint density at radius 3 is 2.37 bits per heavy atom. The highest BCUT2D eigenvalue weighted by Gasteiger charge is 2.38. The number of hydrogen-bond acceptors (Lipinski definition) is 6. The third-order valence-electron chi connectivity index (χ3n) is 6.74. The van der Waals surface area contributed by atoms with Crippen molar-refractivity contribution >= 4 is 27.9 Å². The highest BCUT2D eigenvalue weighted by atomic mass is 32.2. The van der Waals surface area contributed by atoms with Crippen LogP contribution in [-0.2, 0) is 35.6 Å². The molecule has 0 spiro atoms. The maximum atomic E-state index is 13.8. The summed E-state index contributed by atoms with van der Waals surface area (Å²) < 4.78 is 33.0. The van der Waals surface area contributed by atoms with Gasteiger partial charge in [0, 0.05) is 26.0 Å². The van der Waals surface area contributed by atoms with Gasteiger partial charge in [0.15, 0.2) is 6.29 Å². The van der Waals surface area contributed by atoms with Gasteiger partial charge in [-0.15, -0.1) is 4.41 Å². The molecule has 1 heterocycles. The number of carbonyl (C=O) groups is 2. The minimum absolute atomic E-state index is 0.00492. The predicted molar refractivity (Wildman–Crippen MR) is 159 cm³/mol.